The summed E-state index contributed by atoms with van der Waals surface area (Å²) in [7, 11) is 3.29. The molecule has 12 heteroatoms. The Morgan fingerprint density at radius 1 is 1.22 bits per heavy atom. The Morgan fingerprint density at radius 2 is 2.06 bits per heavy atom. The first-order chi connectivity index (χ1) is 17.6. The van der Waals surface area contributed by atoms with Gasteiger partial charge in [0.25, 0.3) is 5.91 Å². The predicted molar refractivity (Wildman–Crippen MR) is 139 cm³/mol. The summed E-state index contributed by atoms with van der Waals surface area (Å²) in [6.45, 7) is 4.24. The van der Waals surface area contributed by atoms with E-state index in [1.54, 1.807) is 31.9 Å². The van der Waals surface area contributed by atoms with Gasteiger partial charge in [-0.05, 0) is 18.2 Å². The van der Waals surface area contributed by atoms with Crippen LogP contribution in [-0.4, -0.2) is 71.5 Å². The van der Waals surface area contributed by atoms with E-state index in [1.165, 1.54) is 20.5 Å². The molecule has 11 nitrogen and oxygen atoms in total. The van der Waals surface area contributed by atoms with Crippen LogP contribution in [0.25, 0.3) is 16.2 Å². The fourth-order valence-electron chi connectivity index (χ4n) is 4.24. The standard InChI is InChI=1S/C24H27N7O4S/c1-29-21-19(4-3-5-20(21)35-13-12-34-2)31(24(29)33)23-28-17(15-36-23)22(32)27-16-14-26-7-6-18(16)30-10-8-25-9-11-30/h3-7,14-15,25H,8-13H2,1-2H3,(H,27,32). The number of nitrogens with zero attached hydrogens (tertiary/aromatic N) is 5. The van der Waals surface area contributed by atoms with E-state index in [0.29, 0.717) is 40.8 Å². The predicted octanol–water partition coefficient (Wildman–Crippen LogP) is 1.87. The highest BCUT2D eigenvalue weighted by molar-refractivity contribution is 7.12. The fourth-order valence-corrected chi connectivity index (χ4v) is 5.05. The molecule has 0 aliphatic carbocycles. The van der Waals surface area contributed by atoms with Crippen LogP contribution in [0.4, 0.5) is 11.4 Å². The van der Waals surface area contributed by atoms with Crippen molar-refractivity contribution in [1.29, 1.82) is 0 Å². The van der Waals surface area contributed by atoms with Crippen molar-refractivity contribution >= 4 is 39.7 Å². The zero-order chi connectivity index (χ0) is 25.1. The molecule has 1 saturated heterocycles. The van der Waals surface area contributed by atoms with Crippen LogP contribution < -0.4 is 26.0 Å². The molecule has 0 unspecified atom stereocenters. The third-order valence-electron chi connectivity index (χ3n) is 6.00. The minimum Gasteiger partial charge on any atom is -0.489 e. The summed E-state index contributed by atoms with van der Waals surface area (Å²) in [6, 6.07) is 7.36. The molecule has 1 aliphatic heterocycles. The van der Waals surface area contributed by atoms with Crippen molar-refractivity contribution in [1.82, 2.24) is 24.4 Å². The van der Waals surface area contributed by atoms with Crippen molar-refractivity contribution in [3.05, 3.63) is 58.2 Å². The highest BCUT2D eigenvalue weighted by Crippen LogP contribution is 2.28. The molecule has 0 spiro atoms. The van der Waals surface area contributed by atoms with Crippen molar-refractivity contribution in [3.8, 4) is 10.9 Å². The molecule has 4 heterocycles. The Bertz CT molecular complexity index is 1440. The molecule has 0 atom stereocenters. The number of hydrogen-bond acceptors (Lipinski definition) is 9. The van der Waals surface area contributed by atoms with Gasteiger partial charge in [-0.3, -0.25) is 14.3 Å². The average Bonchev–Trinajstić information content (AvgIpc) is 3.48. The lowest BCUT2D eigenvalue weighted by Crippen LogP contribution is -2.43. The molecule has 0 radical (unpaired) electrons. The monoisotopic (exact) mass is 509 g/mol. The van der Waals surface area contributed by atoms with E-state index in [9.17, 15) is 9.59 Å². The second kappa shape index (κ2) is 10.5. The van der Waals surface area contributed by atoms with Gasteiger partial charge in [-0.15, -0.1) is 11.3 Å². The maximum Gasteiger partial charge on any atom is 0.335 e. The Labute approximate surface area is 211 Å². The van der Waals surface area contributed by atoms with Gasteiger partial charge in [0.2, 0.25) is 0 Å². The molecule has 1 aliphatic rings. The third-order valence-corrected chi connectivity index (χ3v) is 6.82. The lowest BCUT2D eigenvalue weighted by molar-refractivity contribution is 0.102. The zero-order valence-corrected chi connectivity index (χ0v) is 20.9. The Morgan fingerprint density at radius 3 is 2.86 bits per heavy atom. The number of pyridine rings is 1. The summed E-state index contributed by atoms with van der Waals surface area (Å²) in [5.74, 6) is 0.216. The van der Waals surface area contributed by atoms with E-state index >= 15 is 0 Å². The number of ether oxygens (including phenoxy) is 2. The first-order valence-corrected chi connectivity index (χ1v) is 12.5. The van der Waals surface area contributed by atoms with Crippen molar-refractivity contribution in [2.24, 2.45) is 7.05 Å². The SMILES string of the molecule is COCCOc1cccc2c1n(C)c(=O)n2-c1nc(C(=O)Nc2cnccc2N2CCNCC2)cs1. The Balaban J connectivity index is 1.42. The number of carbonyl (C=O) groups is 1. The van der Waals surface area contributed by atoms with Crippen LogP contribution in [0.3, 0.4) is 0 Å². The minimum absolute atomic E-state index is 0.224. The van der Waals surface area contributed by atoms with Gasteiger partial charge in [-0.2, -0.15) is 0 Å². The van der Waals surface area contributed by atoms with Crippen LogP contribution in [0.5, 0.6) is 5.75 Å². The van der Waals surface area contributed by atoms with Gasteiger partial charge < -0.3 is 25.0 Å². The van der Waals surface area contributed by atoms with Crippen LogP contribution in [0.2, 0.25) is 0 Å². The number of benzene rings is 1. The largest absolute Gasteiger partial charge is 0.489 e. The Kier molecular flexibility index (Phi) is 6.98. The van der Waals surface area contributed by atoms with Crippen molar-refractivity contribution in [2.75, 3.05) is 56.7 Å². The number of hydrogen-bond donors (Lipinski definition) is 2. The number of carbonyl (C=O) groups excluding carboxylic acids is 1. The maximum atomic E-state index is 13.2. The number of aromatic nitrogens is 4. The van der Waals surface area contributed by atoms with Gasteiger partial charge >= 0.3 is 5.69 Å². The Hall–Kier alpha value is -3.74. The number of rotatable bonds is 8. The molecule has 3 aromatic heterocycles. The summed E-state index contributed by atoms with van der Waals surface area (Å²) < 4.78 is 13.9. The molecule has 5 rings (SSSR count). The highest BCUT2D eigenvalue weighted by atomic mass is 32.1. The lowest BCUT2D eigenvalue weighted by atomic mass is 10.2. The molecular weight excluding hydrogens is 482 g/mol. The highest BCUT2D eigenvalue weighted by Gasteiger charge is 2.21. The summed E-state index contributed by atoms with van der Waals surface area (Å²) >= 11 is 1.23. The maximum absolute atomic E-state index is 13.2. The zero-order valence-electron chi connectivity index (χ0n) is 20.1. The molecule has 1 aromatic carbocycles. The van der Waals surface area contributed by atoms with Crippen molar-refractivity contribution in [2.45, 2.75) is 0 Å². The van der Waals surface area contributed by atoms with Gasteiger partial charge in [0.1, 0.15) is 23.6 Å². The summed E-state index contributed by atoms with van der Waals surface area (Å²) in [5, 5.41) is 8.32. The smallest absolute Gasteiger partial charge is 0.335 e. The van der Waals surface area contributed by atoms with Gasteiger partial charge in [-0.25, -0.2) is 14.3 Å². The van der Waals surface area contributed by atoms with E-state index in [-0.39, 0.29) is 17.3 Å². The molecule has 1 fully saturated rings. The van der Waals surface area contributed by atoms with Crippen LogP contribution in [0, 0.1) is 0 Å². The summed E-state index contributed by atoms with van der Waals surface area (Å²) in [5.41, 5.74) is 2.78. The third kappa shape index (κ3) is 4.57. The average molecular weight is 510 g/mol. The van der Waals surface area contributed by atoms with E-state index in [2.05, 4.69) is 25.5 Å². The number of amides is 1. The number of aryl methyl sites for hydroxylation is 1. The van der Waals surface area contributed by atoms with Gasteiger partial charge in [-0.1, -0.05) is 6.07 Å². The normalized spacial score (nSPS) is 13.8. The molecule has 0 bridgehead atoms. The van der Waals surface area contributed by atoms with Gasteiger partial charge in [0, 0.05) is 51.9 Å². The lowest BCUT2D eigenvalue weighted by Gasteiger charge is -2.30. The van der Waals surface area contributed by atoms with E-state index in [1.807, 2.05) is 24.3 Å². The first kappa shape index (κ1) is 24.0. The van der Waals surface area contributed by atoms with Gasteiger partial charge in [0.15, 0.2) is 5.13 Å². The number of anilines is 2. The number of nitrogens with one attached hydrogen (secondary N) is 2. The number of methoxy groups -OCH3 is 1. The second-order valence-electron chi connectivity index (χ2n) is 8.24. The molecule has 188 valence electrons. The van der Waals surface area contributed by atoms with E-state index in [4.69, 9.17) is 9.47 Å². The molecule has 4 aromatic rings. The molecule has 36 heavy (non-hydrogen) atoms. The first-order valence-electron chi connectivity index (χ1n) is 11.6. The van der Waals surface area contributed by atoms with Crippen LogP contribution in [0.15, 0.2) is 46.8 Å². The second-order valence-corrected chi connectivity index (χ2v) is 9.08. The van der Waals surface area contributed by atoms with E-state index in [0.717, 1.165) is 31.9 Å². The molecule has 2 N–H and O–H groups in total. The number of para-hydroxylation sites is 1. The number of piperazine rings is 1. The minimum atomic E-state index is -0.362. The number of thiazole rings is 1. The van der Waals surface area contributed by atoms with Crippen LogP contribution >= 0.6 is 11.3 Å². The quantitative estimate of drug-likeness (QED) is 0.346. The molecule has 1 amide bonds. The van der Waals surface area contributed by atoms with E-state index < -0.39 is 0 Å². The molecule has 0 saturated carbocycles. The van der Waals surface area contributed by atoms with Crippen molar-refractivity contribution in [3.63, 3.8) is 0 Å². The fraction of sp³-hybridized carbons (Fsp3) is 0.333. The summed E-state index contributed by atoms with van der Waals surface area (Å²) in [6.07, 6.45) is 3.36. The topological polar surface area (TPSA) is 116 Å². The van der Waals surface area contributed by atoms with Crippen LogP contribution in [0.1, 0.15) is 10.5 Å². The number of fused-ring (bicyclic) bond motifs is 1. The number of imidazole rings is 1. The molecular formula is C24H27N7O4S. The van der Waals surface area contributed by atoms with Gasteiger partial charge in [0.05, 0.1) is 29.7 Å². The van der Waals surface area contributed by atoms with Crippen molar-refractivity contribution < 1.29 is 14.3 Å². The summed E-state index contributed by atoms with van der Waals surface area (Å²) in [4.78, 5) is 37.1. The van der Waals surface area contributed by atoms with Crippen LogP contribution in [-0.2, 0) is 11.8 Å².